The van der Waals surface area contributed by atoms with Crippen molar-refractivity contribution in [3.63, 3.8) is 0 Å². The number of halogens is 1. The fraction of sp³-hybridized carbons (Fsp3) is 0.333. The Kier molecular flexibility index (Phi) is 3.57. The van der Waals surface area contributed by atoms with Crippen LogP contribution in [0, 0.1) is 5.41 Å². The molecule has 1 aliphatic carbocycles. The molecule has 2 rings (SSSR count). The summed E-state index contributed by atoms with van der Waals surface area (Å²) in [5.41, 5.74) is 6.18. The number of carbonyl (C=O) groups is 1. The van der Waals surface area contributed by atoms with Crippen molar-refractivity contribution in [2.24, 2.45) is 11.1 Å². The molecular formula is C12H13ClN2NbO. The van der Waals surface area contributed by atoms with E-state index in [9.17, 15) is 4.79 Å². The van der Waals surface area contributed by atoms with Gasteiger partial charge in [-0.25, -0.2) is 0 Å². The summed E-state index contributed by atoms with van der Waals surface area (Å²) < 4.78 is 0.482. The van der Waals surface area contributed by atoms with E-state index in [0.717, 1.165) is 17.0 Å². The molecule has 2 atom stereocenters. The summed E-state index contributed by atoms with van der Waals surface area (Å²) in [5.74, 6) is 0.183. The summed E-state index contributed by atoms with van der Waals surface area (Å²) in [6, 6.07) is 7.68. The molecule has 0 aromatic heterocycles. The monoisotopic (exact) mass is 329 g/mol. The molecule has 1 saturated carbocycles. The van der Waals surface area contributed by atoms with E-state index in [-0.39, 0.29) is 17.2 Å². The van der Waals surface area contributed by atoms with E-state index in [0.29, 0.717) is 3.97 Å². The Bertz CT molecular complexity index is 491. The summed E-state index contributed by atoms with van der Waals surface area (Å²) in [5, 5.41) is 3.43. The molecule has 5 heteroatoms. The average Bonchev–Trinajstić information content (AvgIpc) is 2.92. The molecule has 1 aliphatic rings. The SMILES string of the molecule is CC1(C(=O)N[C](N)=[Nb])CC1c1ccccc1Cl. The van der Waals surface area contributed by atoms with E-state index in [1.807, 2.05) is 31.2 Å². The van der Waals surface area contributed by atoms with Crippen LogP contribution in [0.5, 0.6) is 0 Å². The van der Waals surface area contributed by atoms with Gasteiger partial charge in [0.1, 0.15) is 0 Å². The molecule has 0 bridgehead atoms. The van der Waals surface area contributed by atoms with E-state index in [1.54, 1.807) is 0 Å². The topological polar surface area (TPSA) is 55.1 Å². The number of hydrogen-bond donors (Lipinski definition) is 2. The van der Waals surface area contributed by atoms with Gasteiger partial charge in [0.15, 0.2) is 0 Å². The van der Waals surface area contributed by atoms with Crippen LogP contribution in [0.15, 0.2) is 24.3 Å². The third-order valence-corrected chi connectivity index (χ3v) is 3.90. The van der Waals surface area contributed by atoms with Crippen LogP contribution in [0.3, 0.4) is 0 Å². The number of nitrogens with one attached hydrogen (secondary N) is 1. The van der Waals surface area contributed by atoms with Crippen LogP contribution in [0.4, 0.5) is 0 Å². The minimum absolute atomic E-state index is 0.0130. The molecule has 2 unspecified atom stereocenters. The van der Waals surface area contributed by atoms with Crippen molar-refractivity contribution in [1.29, 1.82) is 0 Å². The summed E-state index contributed by atoms with van der Waals surface area (Å²) in [7, 11) is 0. The normalized spacial score (nSPS) is 26.4. The van der Waals surface area contributed by atoms with Crippen LogP contribution in [-0.4, -0.2) is 9.88 Å². The molecule has 0 heterocycles. The zero-order valence-corrected chi connectivity index (χ0v) is 12.4. The predicted octanol–water partition coefficient (Wildman–Crippen LogP) is 1.54. The Morgan fingerprint density at radius 3 is 2.82 bits per heavy atom. The van der Waals surface area contributed by atoms with Crippen LogP contribution in [0.25, 0.3) is 0 Å². The van der Waals surface area contributed by atoms with Crippen molar-refractivity contribution in [2.45, 2.75) is 19.3 Å². The standard InChI is InChI=1S/C12H13ClN2O.Nb/c1-12(11(16)15-7-14)6-9(12)8-4-2-3-5-10(8)13;/h2-5,9H,6,14H2,1H3,(H,15,16);. The number of rotatable bonds is 3. The second-order valence-corrected chi connectivity index (χ2v) is 6.13. The molecule has 3 N–H and O–H groups in total. The van der Waals surface area contributed by atoms with Crippen LogP contribution in [-0.2, 0) is 25.4 Å². The van der Waals surface area contributed by atoms with Gasteiger partial charge in [-0.15, -0.1) is 0 Å². The van der Waals surface area contributed by atoms with Crippen molar-refractivity contribution in [3.05, 3.63) is 34.9 Å². The Hall–Kier alpha value is -0.450. The zero-order chi connectivity index (χ0) is 12.6. The number of benzene rings is 1. The van der Waals surface area contributed by atoms with Crippen LogP contribution in [0.1, 0.15) is 24.8 Å². The molecule has 1 aromatic carbocycles. The Morgan fingerprint density at radius 2 is 2.24 bits per heavy atom. The summed E-state index contributed by atoms with van der Waals surface area (Å²) in [4.78, 5) is 12.0. The third kappa shape index (κ3) is 2.54. The fourth-order valence-corrected chi connectivity index (χ4v) is 2.60. The number of carbonyl (C=O) groups excluding carboxylic acids is 1. The molecule has 0 saturated heterocycles. The van der Waals surface area contributed by atoms with E-state index >= 15 is 0 Å². The summed E-state index contributed by atoms with van der Waals surface area (Å²) in [6.07, 6.45) is 0.821. The Labute approximate surface area is 117 Å². The van der Waals surface area contributed by atoms with Gasteiger partial charge in [-0.2, -0.15) is 0 Å². The first-order chi connectivity index (χ1) is 7.95. The van der Waals surface area contributed by atoms with E-state index in [4.69, 9.17) is 17.3 Å². The molecule has 89 valence electrons. The van der Waals surface area contributed by atoms with Gasteiger partial charge < -0.3 is 0 Å². The van der Waals surface area contributed by atoms with Crippen molar-refractivity contribution in [1.82, 2.24) is 5.32 Å². The van der Waals surface area contributed by atoms with Crippen molar-refractivity contribution < 1.29 is 25.4 Å². The number of hydrogen-bond acceptors (Lipinski definition) is 2. The fourth-order valence-electron chi connectivity index (χ4n) is 2.09. The molecule has 0 spiro atoms. The van der Waals surface area contributed by atoms with Crippen LogP contribution < -0.4 is 11.1 Å². The Morgan fingerprint density at radius 1 is 1.59 bits per heavy atom. The summed E-state index contributed by atoms with van der Waals surface area (Å²) in [6.45, 7) is 1.95. The van der Waals surface area contributed by atoms with Gasteiger partial charge in [-0.3, -0.25) is 0 Å². The second kappa shape index (κ2) is 4.67. The van der Waals surface area contributed by atoms with Gasteiger partial charge in [0.05, 0.1) is 0 Å². The molecule has 17 heavy (non-hydrogen) atoms. The first-order valence-corrected chi connectivity index (χ1v) is 6.80. The average molecular weight is 330 g/mol. The first kappa shape index (κ1) is 13.0. The van der Waals surface area contributed by atoms with Gasteiger partial charge in [0, 0.05) is 0 Å². The van der Waals surface area contributed by atoms with Gasteiger partial charge in [-0.05, 0) is 0 Å². The first-order valence-electron chi connectivity index (χ1n) is 5.32. The molecule has 3 nitrogen and oxygen atoms in total. The minimum atomic E-state index is -0.375. The third-order valence-electron chi connectivity index (χ3n) is 3.28. The summed E-state index contributed by atoms with van der Waals surface area (Å²) >= 11 is 7.45. The molecule has 1 aromatic rings. The van der Waals surface area contributed by atoms with Gasteiger partial charge >= 0.3 is 117 Å². The predicted molar refractivity (Wildman–Crippen MR) is 64.3 cm³/mol. The molecular weight excluding hydrogens is 317 g/mol. The quantitative estimate of drug-likeness (QED) is 0.827. The van der Waals surface area contributed by atoms with Crippen molar-refractivity contribution in [2.75, 3.05) is 0 Å². The molecule has 1 fully saturated rings. The maximum atomic E-state index is 12.0. The van der Waals surface area contributed by atoms with Gasteiger partial charge in [-0.1, -0.05) is 0 Å². The maximum absolute atomic E-state index is 12.0. The van der Waals surface area contributed by atoms with E-state index in [1.165, 1.54) is 20.6 Å². The molecule has 0 aliphatic heterocycles. The number of amides is 1. The molecule has 0 radical (unpaired) electrons. The second-order valence-electron chi connectivity index (χ2n) is 4.54. The Balaban J connectivity index is 2.16. The number of nitrogens with two attached hydrogens (primary N) is 1. The van der Waals surface area contributed by atoms with Crippen LogP contribution in [0.2, 0.25) is 5.02 Å². The van der Waals surface area contributed by atoms with E-state index < -0.39 is 0 Å². The van der Waals surface area contributed by atoms with Crippen molar-refractivity contribution >= 4 is 21.5 Å². The van der Waals surface area contributed by atoms with Gasteiger partial charge in [0.2, 0.25) is 0 Å². The van der Waals surface area contributed by atoms with Crippen LogP contribution >= 0.6 is 11.6 Å². The molecule has 1 amide bonds. The van der Waals surface area contributed by atoms with Gasteiger partial charge in [0.25, 0.3) is 0 Å². The van der Waals surface area contributed by atoms with Crippen molar-refractivity contribution in [3.8, 4) is 0 Å². The van der Waals surface area contributed by atoms with E-state index in [2.05, 4.69) is 5.32 Å². The zero-order valence-electron chi connectivity index (χ0n) is 9.40.